The lowest BCUT2D eigenvalue weighted by Crippen LogP contribution is -2.46. The van der Waals surface area contributed by atoms with Crippen LogP contribution in [0.3, 0.4) is 0 Å². The number of likely N-dealkylation sites (tertiary alicyclic amines) is 1. The summed E-state index contributed by atoms with van der Waals surface area (Å²) >= 11 is 3.38. The molecule has 0 spiro atoms. The first-order valence-electron chi connectivity index (χ1n) is 9.38. The quantitative estimate of drug-likeness (QED) is 0.654. The van der Waals surface area contributed by atoms with Crippen LogP contribution in [0.15, 0.2) is 59.1 Å². The molecular formula is C21H25BrN2O3S. The van der Waals surface area contributed by atoms with Gasteiger partial charge in [-0.05, 0) is 58.8 Å². The van der Waals surface area contributed by atoms with Gasteiger partial charge in [-0.2, -0.15) is 0 Å². The van der Waals surface area contributed by atoms with E-state index >= 15 is 0 Å². The molecule has 1 amide bonds. The highest BCUT2D eigenvalue weighted by molar-refractivity contribution is 9.10. The lowest BCUT2D eigenvalue weighted by atomic mass is 9.90. The van der Waals surface area contributed by atoms with E-state index in [-0.39, 0.29) is 12.5 Å². The molecule has 1 saturated heterocycles. The zero-order valence-corrected chi connectivity index (χ0v) is 18.3. The summed E-state index contributed by atoms with van der Waals surface area (Å²) in [6.07, 6.45) is 4.03. The van der Waals surface area contributed by atoms with Crippen LogP contribution in [0.25, 0.3) is 0 Å². The minimum absolute atomic E-state index is 0.153. The molecule has 0 atom stereocenters. The number of carbonyl (C=O) groups is 1. The number of nitrogens with zero attached hydrogens (tertiary/aromatic N) is 2. The number of benzene rings is 2. The molecule has 1 heterocycles. The molecule has 0 aromatic heterocycles. The Morgan fingerprint density at radius 2 is 1.68 bits per heavy atom. The Balaban J connectivity index is 1.62. The van der Waals surface area contributed by atoms with Crippen molar-refractivity contribution in [3.05, 3.63) is 64.6 Å². The van der Waals surface area contributed by atoms with E-state index in [0.717, 1.165) is 25.5 Å². The number of piperidine rings is 1. The van der Waals surface area contributed by atoms with Gasteiger partial charge < -0.3 is 4.90 Å². The molecule has 7 heteroatoms. The van der Waals surface area contributed by atoms with Crippen LogP contribution in [0, 0.1) is 5.92 Å². The number of hydrogen-bond acceptors (Lipinski definition) is 3. The summed E-state index contributed by atoms with van der Waals surface area (Å²) in [5.41, 5.74) is 1.81. The molecule has 5 nitrogen and oxygen atoms in total. The van der Waals surface area contributed by atoms with Crippen LogP contribution in [-0.4, -0.2) is 45.1 Å². The third-order valence-corrected chi connectivity index (χ3v) is 6.93. The first kappa shape index (κ1) is 20.9. The van der Waals surface area contributed by atoms with Gasteiger partial charge in [-0.3, -0.25) is 9.10 Å². The molecule has 1 aliphatic rings. The Bertz CT molecular complexity index is 910. The molecular weight excluding hydrogens is 440 g/mol. The third-order valence-electron chi connectivity index (χ3n) is 5.13. The van der Waals surface area contributed by atoms with Crippen molar-refractivity contribution in [1.29, 1.82) is 0 Å². The van der Waals surface area contributed by atoms with Crippen molar-refractivity contribution < 1.29 is 13.2 Å². The number of halogens is 1. The van der Waals surface area contributed by atoms with Crippen LogP contribution < -0.4 is 4.31 Å². The average Bonchev–Trinajstić information content (AvgIpc) is 2.67. The van der Waals surface area contributed by atoms with E-state index in [0.29, 0.717) is 29.2 Å². The Morgan fingerprint density at radius 3 is 2.29 bits per heavy atom. The van der Waals surface area contributed by atoms with Gasteiger partial charge in [0, 0.05) is 17.6 Å². The maximum absolute atomic E-state index is 12.8. The standard InChI is InChI=1S/C21H25BrN2O3S/c1-28(26,27)24(20-10-6-5-9-19(20)22)16-21(25)23-13-11-18(12-14-23)15-17-7-3-2-4-8-17/h2-10,18H,11-16H2,1H3. The molecule has 150 valence electrons. The highest BCUT2D eigenvalue weighted by Gasteiger charge is 2.28. The number of anilines is 1. The molecule has 1 aliphatic heterocycles. The molecule has 0 bridgehead atoms. The minimum atomic E-state index is -3.57. The second-order valence-corrected chi connectivity index (χ2v) is 10.00. The third kappa shape index (κ3) is 5.35. The SMILES string of the molecule is CS(=O)(=O)N(CC(=O)N1CCC(Cc2ccccc2)CC1)c1ccccc1Br. The Hall–Kier alpha value is -1.86. The number of hydrogen-bond donors (Lipinski definition) is 0. The largest absolute Gasteiger partial charge is 0.341 e. The van der Waals surface area contributed by atoms with E-state index in [9.17, 15) is 13.2 Å². The van der Waals surface area contributed by atoms with Crippen molar-refractivity contribution in [2.45, 2.75) is 19.3 Å². The van der Waals surface area contributed by atoms with Gasteiger partial charge in [-0.25, -0.2) is 8.42 Å². The van der Waals surface area contributed by atoms with Crippen LogP contribution in [0.5, 0.6) is 0 Å². The number of amides is 1. The lowest BCUT2D eigenvalue weighted by Gasteiger charge is -2.34. The van der Waals surface area contributed by atoms with Gasteiger partial charge in [0.05, 0.1) is 11.9 Å². The predicted octanol–water partition coefficient (Wildman–Crippen LogP) is 3.70. The van der Waals surface area contributed by atoms with Crippen LogP contribution >= 0.6 is 15.9 Å². The molecule has 0 N–H and O–H groups in total. The van der Waals surface area contributed by atoms with E-state index in [1.54, 1.807) is 23.1 Å². The fraction of sp³-hybridized carbons (Fsp3) is 0.381. The number of para-hydroxylation sites is 1. The summed E-state index contributed by atoms with van der Waals surface area (Å²) in [4.78, 5) is 14.6. The summed E-state index contributed by atoms with van der Waals surface area (Å²) in [6, 6.07) is 17.4. The second kappa shape index (κ2) is 9.09. The van der Waals surface area contributed by atoms with Gasteiger partial charge in [-0.1, -0.05) is 42.5 Å². The van der Waals surface area contributed by atoms with Crippen LogP contribution in [0.1, 0.15) is 18.4 Å². The van der Waals surface area contributed by atoms with E-state index in [2.05, 4.69) is 40.2 Å². The van der Waals surface area contributed by atoms with E-state index in [4.69, 9.17) is 0 Å². The predicted molar refractivity (Wildman–Crippen MR) is 116 cm³/mol. The molecule has 0 unspecified atom stereocenters. The van der Waals surface area contributed by atoms with E-state index < -0.39 is 10.0 Å². The van der Waals surface area contributed by atoms with Crippen molar-refractivity contribution in [2.75, 3.05) is 30.2 Å². The molecule has 2 aromatic rings. The summed E-state index contributed by atoms with van der Waals surface area (Å²) in [5.74, 6) is 0.403. The van der Waals surface area contributed by atoms with Gasteiger partial charge >= 0.3 is 0 Å². The highest BCUT2D eigenvalue weighted by atomic mass is 79.9. The van der Waals surface area contributed by atoms with Gasteiger partial charge in [0.1, 0.15) is 6.54 Å². The van der Waals surface area contributed by atoms with Crippen molar-refractivity contribution in [2.24, 2.45) is 5.92 Å². The molecule has 1 fully saturated rings. The maximum Gasteiger partial charge on any atom is 0.243 e. The minimum Gasteiger partial charge on any atom is -0.341 e. The van der Waals surface area contributed by atoms with Gasteiger partial charge in [0.15, 0.2) is 0 Å². The molecule has 3 rings (SSSR count). The Kier molecular flexibility index (Phi) is 6.78. The van der Waals surface area contributed by atoms with Crippen LogP contribution in [0.4, 0.5) is 5.69 Å². The van der Waals surface area contributed by atoms with Crippen molar-refractivity contribution in [1.82, 2.24) is 4.90 Å². The average molecular weight is 465 g/mol. The first-order valence-corrected chi connectivity index (χ1v) is 12.0. The van der Waals surface area contributed by atoms with Crippen LogP contribution in [-0.2, 0) is 21.2 Å². The molecule has 28 heavy (non-hydrogen) atoms. The number of rotatable bonds is 6. The molecule has 0 saturated carbocycles. The summed E-state index contributed by atoms with van der Waals surface area (Å²) in [6.45, 7) is 1.17. The first-order chi connectivity index (χ1) is 13.3. The summed E-state index contributed by atoms with van der Waals surface area (Å²) < 4.78 is 26.4. The van der Waals surface area contributed by atoms with Gasteiger partial charge in [0.25, 0.3) is 0 Å². The van der Waals surface area contributed by atoms with Crippen molar-refractivity contribution >= 4 is 37.5 Å². The lowest BCUT2D eigenvalue weighted by molar-refractivity contribution is -0.130. The maximum atomic E-state index is 12.8. The van der Waals surface area contributed by atoms with Crippen LogP contribution in [0.2, 0.25) is 0 Å². The fourth-order valence-electron chi connectivity index (χ4n) is 3.59. The molecule has 2 aromatic carbocycles. The number of sulfonamides is 1. The smallest absolute Gasteiger partial charge is 0.243 e. The zero-order valence-electron chi connectivity index (χ0n) is 15.9. The topological polar surface area (TPSA) is 57.7 Å². The van der Waals surface area contributed by atoms with E-state index in [1.165, 1.54) is 9.87 Å². The molecule has 0 aliphatic carbocycles. The van der Waals surface area contributed by atoms with Gasteiger partial charge in [-0.15, -0.1) is 0 Å². The Labute approximate surface area is 175 Å². The Morgan fingerprint density at radius 1 is 1.07 bits per heavy atom. The second-order valence-electron chi connectivity index (χ2n) is 7.23. The monoisotopic (exact) mass is 464 g/mol. The summed E-state index contributed by atoms with van der Waals surface area (Å²) in [5, 5.41) is 0. The highest BCUT2D eigenvalue weighted by Crippen LogP contribution is 2.28. The van der Waals surface area contributed by atoms with Crippen molar-refractivity contribution in [3.63, 3.8) is 0 Å². The summed E-state index contributed by atoms with van der Waals surface area (Å²) in [7, 11) is -3.57. The normalized spacial score (nSPS) is 15.4. The van der Waals surface area contributed by atoms with Crippen molar-refractivity contribution in [3.8, 4) is 0 Å². The molecule has 0 radical (unpaired) electrons. The number of carbonyl (C=O) groups excluding carboxylic acids is 1. The van der Waals surface area contributed by atoms with E-state index in [1.807, 2.05) is 12.1 Å². The zero-order chi connectivity index (χ0) is 20.1. The van der Waals surface area contributed by atoms with Gasteiger partial charge in [0.2, 0.25) is 15.9 Å². The fourth-order valence-corrected chi connectivity index (χ4v) is 5.07.